The van der Waals surface area contributed by atoms with E-state index in [9.17, 15) is 17.3 Å². The molecule has 2 aliphatic heterocycles. The fraction of sp³-hybridized carbons (Fsp3) is 0.818. The highest BCUT2D eigenvalue weighted by molar-refractivity contribution is 6.50. The van der Waals surface area contributed by atoms with E-state index in [0.717, 1.165) is 6.04 Å². The molecule has 4 rings (SSSR count). The highest BCUT2D eigenvalue weighted by Gasteiger charge is 2.40. The van der Waals surface area contributed by atoms with Crippen LogP contribution >= 0.6 is 0 Å². The zero-order valence-electron chi connectivity index (χ0n) is 10.1. The van der Waals surface area contributed by atoms with Crippen molar-refractivity contribution in [1.29, 1.82) is 0 Å². The summed E-state index contributed by atoms with van der Waals surface area (Å²) in [4.78, 5) is 0. The molecule has 0 aromatic carbocycles. The molecule has 102 valence electrons. The summed E-state index contributed by atoms with van der Waals surface area (Å²) >= 11 is 0. The molecule has 18 heavy (non-hydrogen) atoms. The van der Waals surface area contributed by atoms with Gasteiger partial charge < -0.3 is 17.3 Å². The van der Waals surface area contributed by atoms with Crippen LogP contribution in [-0.4, -0.2) is 30.1 Å². The summed E-state index contributed by atoms with van der Waals surface area (Å²) in [6, 6.07) is 2.09. The van der Waals surface area contributed by atoms with Crippen LogP contribution in [0.4, 0.5) is 17.3 Å². The van der Waals surface area contributed by atoms with Crippen LogP contribution in [0.3, 0.4) is 0 Å². The van der Waals surface area contributed by atoms with Crippen LogP contribution in [0.1, 0.15) is 38.5 Å². The van der Waals surface area contributed by atoms with Crippen molar-refractivity contribution >= 4 is 7.25 Å². The molecule has 1 saturated carbocycles. The highest BCUT2D eigenvalue weighted by Crippen LogP contribution is 2.32. The second kappa shape index (κ2) is 5.40. The van der Waals surface area contributed by atoms with E-state index in [4.69, 9.17) is 5.11 Å². The summed E-state index contributed by atoms with van der Waals surface area (Å²) < 4.78 is 41.4. The van der Waals surface area contributed by atoms with Gasteiger partial charge in [-0.2, -0.15) is 0 Å². The average molecular weight is 264 g/mol. The largest absolute Gasteiger partial charge is 0.673 e. The van der Waals surface area contributed by atoms with Crippen molar-refractivity contribution in [1.82, 2.24) is 0 Å². The average Bonchev–Trinajstić information content (AvgIpc) is 2.81. The van der Waals surface area contributed by atoms with E-state index in [1.54, 1.807) is 0 Å². The smallest absolute Gasteiger partial charge is 0.418 e. The number of hydrogen-bond acceptors (Lipinski definition) is 1. The number of azo groups is 2. The number of fused-ring (bicyclic) bond motifs is 2. The van der Waals surface area contributed by atoms with Gasteiger partial charge in [-0.15, -0.1) is 4.70 Å². The third-order valence-electron chi connectivity index (χ3n) is 3.66. The minimum atomic E-state index is -6.00. The number of hydrogen-bond donors (Lipinski definition) is 0. The van der Waals surface area contributed by atoms with Crippen molar-refractivity contribution in [3.05, 3.63) is 12.2 Å². The molecule has 2 heterocycles. The Bertz CT molecular complexity index is 339. The lowest BCUT2D eigenvalue weighted by molar-refractivity contribution is -0.667. The van der Waals surface area contributed by atoms with Gasteiger partial charge in [0.1, 0.15) is 6.04 Å². The quantitative estimate of drug-likeness (QED) is 0.296. The Morgan fingerprint density at radius 3 is 2.00 bits per heavy atom. The first kappa shape index (κ1) is 13.6. The SMILES string of the molecule is C1=CC([N+]2=NC3CCC2CC3)CC1.F[B-](F)(F)F. The van der Waals surface area contributed by atoms with E-state index in [-0.39, 0.29) is 0 Å². The Morgan fingerprint density at radius 1 is 1.00 bits per heavy atom. The Labute approximate surface area is 104 Å². The molecule has 0 saturated heterocycles. The van der Waals surface area contributed by atoms with Crippen LogP contribution in [0.5, 0.6) is 0 Å². The van der Waals surface area contributed by atoms with Gasteiger partial charge in [-0.05, 0) is 30.5 Å². The molecule has 0 aromatic heterocycles. The third kappa shape index (κ3) is 3.81. The molecular weight excluding hydrogens is 247 g/mol. The summed E-state index contributed by atoms with van der Waals surface area (Å²) in [7, 11) is -6.00. The van der Waals surface area contributed by atoms with Gasteiger partial charge in [0.2, 0.25) is 0 Å². The van der Waals surface area contributed by atoms with E-state index < -0.39 is 7.25 Å². The van der Waals surface area contributed by atoms with Gasteiger partial charge in [-0.3, -0.25) is 0 Å². The molecule has 1 unspecified atom stereocenters. The van der Waals surface area contributed by atoms with Crippen molar-refractivity contribution in [2.75, 3.05) is 0 Å². The molecule has 1 fully saturated rings. The van der Waals surface area contributed by atoms with Gasteiger partial charge >= 0.3 is 7.25 Å². The molecule has 2 bridgehead atoms. The van der Waals surface area contributed by atoms with Crippen molar-refractivity contribution in [2.24, 2.45) is 5.11 Å². The van der Waals surface area contributed by atoms with Gasteiger partial charge in [-0.1, -0.05) is 6.08 Å². The highest BCUT2D eigenvalue weighted by atomic mass is 19.5. The van der Waals surface area contributed by atoms with Gasteiger partial charge in [0.05, 0.1) is 0 Å². The fourth-order valence-corrected chi connectivity index (χ4v) is 2.91. The first-order valence-electron chi connectivity index (χ1n) is 6.46. The van der Waals surface area contributed by atoms with Crippen LogP contribution in [0.15, 0.2) is 17.3 Å². The molecule has 1 atom stereocenters. The Morgan fingerprint density at radius 2 is 1.61 bits per heavy atom. The summed E-state index contributed by atoms with van der Waals surface area (Å²) in [5.41, 5.74) is 0. The van der Waals surface area contributed by atoms with Crippen LogP contribution in [0.2, 0.25) is 0 Å². The molecule has 4 aliphatic rings. The second-order valence-electron chi connectivity index (χ2n) is 5.03. The Hall–Kier alpha value is -0.875. The van der Waals surface area contributed by atoms with Crippen LogP contribution in [0, 0.1) is 0 Å². The summed E-state index contributed by atoms with van der Waals surface area (Å²) in [6.45, 7) is 0. The number of halogens is 4. The Kier molecular flexibility index (Phi) is 4.07. The van der Waals surface area contributed by atoms with E-state index in [1.165, 1.54) is 38.5 Å². The van der Waals surface area contributed by atoms with Crippen molar-refractivity contribution in [2.45, 2.75) is 56.7 Å². The molecule has 0 amide bonds. The molecular formula is C11H17BF4N2. The van der Waals surface area contributed by atoms with Crippen molar-refractivity contribution in [3.63, 3.8) is 0 Å². The van der Waals surface area contributed by atoms with Gasteiger partial charge in [0.25, 0.3) is 0 Å². The fourth-order valence-electron chi connectivity index (χ4n) is 2.91. The summed E-state index contributed by atoms with van der Waals surface area (Å²) in [5.74, 6) is 0. The predicted molar refractivity (Wildman–Crippen MR) is 61.1 cm³/mol. The molecule has 2 aliphatic carbocycles. The maximum absolute atomic E-state index is 9.75. The monoisotopic (exact) mass is 264 g/mol. The molecule has 0 spiro atoms. The van der Waals surface area contributed by atoms with E-state index >= 15 is 0 Å². The lowest BCUT2D eigenvalue weighted by atomic mass is 9.89. The minimum Gasteiger partial charge on any atom is -0.418 e. The molecule has 0 N–H and O–H groups in total. The van der Waals surface area contributed by atoms with E-state index in [0.29, 0.717) is 12.1 Å². The second-order valence-corrected chi connectivity index (χ2v) is 5.03. The van der Waals surface area contributed by atoms with E-state index in [2.05, 4.69) is 16.8 Å². The lowest BCUT2D eigenvalue weighted by Gasteiger charge is -2.29. The summed E-state index contributed by atoms with van der Waals surface area (Å²) in [5, 5.41) is 4.81. The number of rotatable bonds is 1. The normalized spacial score (nSPS) is 34.0. The van der Waals surface area contributed by atoms with Gasteiger partial charge in [0, 0.05) is 19.3 Å². The van der Waals surface area contributed by atoms with E-state index in [1.807, 2.05) is 0 Å². The molecule has 0 aromatic rings. The molecule has 7 heteroatoms. The maximum atomic E-state index is 9.75. The van der Waals surface area contributed by atoms with Crippen molar-refractivity contribution < 1.29 is 22.0 Å². The van der Waals surface area contributed by atoms with Crippen LogP contribution in [0.25, 0.3) is 0 Å². The maximum Gasteiger partial charge on any atom is 0.673 e. The lowest BCUT2D eigenvalue weighted by Crippen LogP contribution is -2.42. The standard InChI is InChI=1S/C11H17N2.BF4/c1-2-4-10(3-1)13-11-7-5-9(12-13)6-8-11;2-1(3,4)5/h1,3,9-11H,2,4-8H2;/q+1;-1. The summed E-state index contributed by atoms with van der Waals surface area (Å²) in [6.07, 6.45) is 12.7. The first-order valence-corrected chi connectivity index (χ1v) is 6.46. The number of allylic oxidation sites excluding steroid dienone is 1. The van der Waals surface area contributed by atoms with Crippen LogP contribution in [-0.2, 0) is 0 Å². The number of nitrogens with zero attached hydrogens (tertiary/aromatic N) is 2. The van der Waals surface area contributed by atoms with Crippen LogP contribution < -0.4 is 0 Å². The Balaban J connectivity index is 0.000000209. The predicted octanol–water partition coefficient (Wildman–Crippen LogP) is 3.79. The van der Waals surface area contributed by atoms with Crippen molar-refractivity contribution in [3.8, 4) is 0 Å². The topological polar surface area (TPSA) is 15.4 Å². The first-order chi connectivity index (χ1) is 8.43. The van der Waals surface area contributed by atoms with Gasteiger partial charge in [0.15, 0.2) is 12.1 Å². The zero-order chi connectivity index (χ0) is 13.2. The van der Waals surface area contributed by atoms with Gasteiger partial charge in [-0.25, -0.2) is 0 Å². The molecule has 0 radical (unpaired) electrons. The zero-order valence-corrected chi connectivity index (χ0v) is 10.1. The minimum absolute atomic E-state index is 0.646. The third-order valence-corrected chi connectivity index (χ3v) is 3.66. The molecule has 2 nitrogen and oxygen atoms in total.